The highest BCUT2D eigenvalue weighted by molar-refractivity contribution is 7.03. The molecular weight excluding hydrogens is 297 g/mol. The topological polar surface area (TPSA) is 25.8 Å². The summed E-state index contributed by atoms with van der Waals surface area (Å²) in [7, 11) is 0. The van der Waals surface area contributed by atoms with Crippen LogP contribution in [0.4, 0.5) is 13.2 Å². The van der Waals surface area contributed by atoms with E-state index in [0.29, 0.717) is 0 Å². The molecule has 0 radical (unpaired) electrons. The number of alkyl halides is 3. The second-order valence-corrected chi connectivity index (χ2v) is 5.05. The van der Waals surface area contributed by atoms with Crippen LogP contribution in [-0.2, 0) is 6.18 Å². The van der Waals surface area contributed by atoms with Crippen LogP contribution < -0.4 is 0 Å². The van der Waals surface area contributed by atoms with Gasteiger partial charge in [0.05, 0.1) is 5.56 Å². The van der Waals surface area contributed by atoms with Crippen molar-refractivity contribution < 1.29 is 13.2 Å². The average molecular weight is 306 g/mol. The normalized spacial score (nSPS) is 11.6. The molecule has 2 aromatic carbocycles. The summed E-state index contributed by atoms with van der Waals surface area (Å²) in [4.78, 5) is 0. The first-order valence-electron chi connectivity index (χ1n) is 6.09. The zero-order valence-electron chi connectivity index (χ0n) is 10.6. The molecule has 3 aromatic rings. The Kier molecular flexibility index (Phi) is 3.47. The van der Waals surface area contributed by atoms with Gasteiger partial charge in [0.25, 0.3) is 0 Å². The van der Waals surface area contributed by atoms with Crippen molar-refractivity contribution in [3.05, 3.63) is 59.5 Å². The summed E-state index contributed by atoms with van der Waals surface area (Å²) in [6.07, 6.45) is -4.31. The smallest absolute Gasteiger partial charge is 0.166 e. The van der Waals surface area contributed by atoms with Crippen LogP contribution >= 0.6 is 11.5 Å². The van der Waals surface area contributed by atoms with Crippen LogP contribution in [0.15, 0.2) is 53.9 Å². The van der Waals surface area contributed by atoms with E-state index >= 15 is 0 Å². The molecule has 1 aromatic heterocycles. The lowest BCUT2D eigenvalue weighted by atomic mass is 10.0. The number of rotatable bonds is 2. The third-order valence-corrected chi connectivity index (χ3v) is 3.59. The van der Waals surface area contributed by atoms with Crippen LogP contribution in [0.1, 0.15) is 5.56 Å². The lowest BCUT2D eigenvalue weighted by Gasteiger charge is -2.08. The first kappa shape index (κ1) is 13.8. The van der Waals surface area contributed by atoms with E-state index in [0.717, 1.165) is 34.5 Å². The van der Waals surface area contributed by atoms with Crippen molar-refractivity contribution in [2.45, 2.75) is 6.18 Å². The van der Waals surface area contributed by atoms with Gasteiger partial charge >= 0.3 is 6.18 Å². The summed E-state index contributed by atoms with van der Waals surface area (Å²) in [5, 5.41) is 5.81. The highest BCUT2D eigenvalue weighted by atomic mass is 32.1. The van der Waals surface area contributed by atoms with Gasteiger partial charge in [-0.3, -0.25) is 0 Å². The maximum Gasteiger partial charge on any atom is 0.416 e. The molecule has 0 aliphatic heterocycles. The van der Waals surface area contributed by atoms with Crippen molar-refractivity contribution in [2.75, 3.05) is 0 Å². The standard InChI is InChI=1S/C15H9F3N2S/c16-15(17,18)13-7-5-11(6-8-13)10-1-3-12(4-2-10)14-9-21-20-19-14/h1-9H. The Morgan fingerprint density at radius 2 is 1.29 bits per heavy atom. The van der Waals surface area contributed by atoms with E-state index < -0.39 is 11.7 Å². The van der Waals surface area contributed by atoms with E-state index in [4.69, 9.17) is 0 Å². The quantitative estimate of drug-likeness (QED) is 0.673. The van der Waals surface area contributed by atoms with Crippen molar-refractivity contribution >= 4 is 11.5 Å². The third-order valence-electron chi connectivity index (χ3n) is 3.09. The summed E-state index contributed by atoms with van der Waals surface area (Å²) >= 11 is 1.27. The van der Waals surface area contributed by atoms with Crippen LogP contribution in [0.3, 0.4) is 0 Å². The molecule has 1 heterocycles. The molecule has 0 unspecified atom stereocenters. The molecule has 106 valence electrons. The molecule has 0 aliphatic rings. The van der Waals surface area contributed by atoms with Gasteiger partial charge in [0.1, 0.15) is 5.69 Å². The summed E-state index contributed by atoms with van der Waals surface area (Å²) in [5.41, 5.74) is 2.68. The SMILES string of the molecule is FC(F)(F)c1ccc(-c2ccc(-c3csnn3)cc2)cc1. The molecule has 3 rings (SSSR count). The van der Waals surface area contributed by atoms with Crippen molar-refractivity contribution in [1.29, 1.82) is 0 Å². The Labute approximate surface area is 123 Å². The average Bonchev–Trinajstić information content (AvgIpc) is 3.01. The first-order valence-corrected chi connectivity index (χ1v) is 6.93. The van der Waals surface area contributed by atoms with E-state index in [1.807, 2.05) is 29.6 Å². The van der Waals surface area contributed by atoms with Gasteiger partial charge < -0.3 is 0 Å². The number of nitrogens with zero attached hydrogens (tertiary/aromatic N) is 2. The molecule has 6 heteroatoms. The van der Waals surface area contributed by atoms with Crippen LogP contribution in [0.25, 0.3) is 22.4 Å². The van der Waals surface area contributed by atoms with Crippen LogP contribution in [0.5, 0.6) is 0 Å². The summed E-state index contributed by atoms with van der Waals surface area (Å²) < 4.78 is 41.4. The minimum atomic E-state index is -4.31. The Morgan fingerprint density at radius 1 is 0.762 bits per heavy atom. The second kappa shape index (κ2) is 5.29. The Hall–Kier alpha value is -2.21. The molecular formula is C15H9F3N2S. The molecule has 21 heavy (non-hydrogen) atoms. The van der Waals surface area contributed by atoms with E-state index in [2.05, 4.69) is 9.59 Å². The lowest BCUT2D eigenvalue weighted by molar-refractivity contribution is -0.137. The predicted octanol–water partition coefficient (Wildman–Crippen LogP) is 4.89. The lowest BCUT2D eigenvalue weighted by Crippen LogP contribution is -2.03. The maximum absolute atomic E-state index is 12.5. The summed E-state index contributed by atoms with van der Waals surface area (Å²) in [6.45, 7) is 0. The predicted molar refractivity (Wildman–Crippen MR) is 75.8 cm³/mol. The van der Waals surface area contributed by atoms with Gasteiger partial charge in [0.2, 0.25) is 0 Å². The van der Waals surface area contributed by atoms with Crippen LogP contribution in [0, 0.1) is 0 Å². The minimum Gasteiger partial charge on any atom is -0.166 e. The fraction of sp³-hybridized carbons (Fsp3) is 0.0667. The van der Waals surface area contributed by atoms with Gasteiger partial charge in [-0.25, -0.2) is 0 Å². The highest BCUT2D eigenvalue weighted by Crippen LogP contribution is 2.31. The Balaban J connectivity index is 1.87. The molecule has 0 N–H and O–H groups in total. The summed E-state index contributed by atoms with van der Waals surface area (Å²) in [6, 6.07) is 12.6. The van der Waals surface area contributed by atoms with E-state index in [-0.39, 0.29) is 0 Å². The van der Waals surface area contributed by atoms with E-state index in [1.165, 1.54) is 23.7 Å². The zero-order chi connectivity index (χ0) is 14.9. The molecule has 0 amide bonds. The van der Waals surface area contributed by atoms with Crippen molar-refractivity contribution in [1.82, 2.24) is 9.59 Å². The molecule has 0 atom stereocenters. The molecule has 2 nitrogen and oxygen atoms in total. The Morgan fingerprint density at radius 3 is 1.76 bits per heavy atom. The maximum atomic E-state index is 12.5. The van der Waals surface area contributed by atoms with Gasteiger partial charge in [-0.15, -0.1) is 5.10 Å². The fourth-order valence-corrected chi connectivity index (χ4v) is 2.44. The minimum absolute atomic E-state index is 0.642. The van der Waals surface area contributed by atoms with Gasteiger partial charge in [0, 0.05) is 10.9 Å². The highest BCUT2D eigenvalue weighted by Gasteiger charge is 2.29. The Bertz CT molecular complexity index is 717. The molecule has 0 spiro atoms. The van der Waals surface area contributed by atoms with Crippen molar-refractivity contribution in [2.24, 2.45) is 0 Å². The van der Waals surface area contributed by atoms with Gasteiger partial charge in [-0.1, -0.05) is 40.9 Å². The first-order chi connectivity index (χ1) is 10.0. The van der Waals surface area contributed by atoms with Gasteiger partial charge in [0.15, 0.2) is 0 Å². The molecule has 0 fully saturated rings. The summed E-state index contributed by atoms with van der Waals surface area (Å²) in [5.74, 6) is 0. The number of hydrogen-bond acceptors (Lipinski definition) is 3. The van der Waals surface area contributed by atoms with Crippen molar-refractivity contribution in [3.8, 4) is 22.4 Å². The zero-order valence-corrected chi connectivity index (χ0v) is 11.4. The van der Waals surface area contributed by atoms with Crippen molar-refractivity contribution in [3.63, 3.8) is 0 Å². The molecule has 0 bridgehead atoms. The number of aromatic nitrogens is 2. The molecule has 0 saturated carbocycles. The molecule has 0 aliphatic carbocycles. The number of benzene rings is 2. The second-order valence-electron chi connectivity index (χ2n) is 4.44. The number of hydrogen-bond donors (Lipinski definition) is 0. The van der Waals surface area contributed by atoms with Crippen LogP contribution in [0.2, 0.25) is 0 Å². The molecule has 0 saturated heterocycles. The van der Waals surface area contributed by atoms with Crippen LogP contribution in [-0.4, -0.2) is 9.59 Å². The van der Waals surface area contributed by atoms with Gasteiger partial charge in [-0.2, -0.15) is 13.2 Å². The number of halogens is 3. The van der Waals surface area contributed by atoms with E-state index in [9.17, 15) is 13.2 Å². The third kappa shape index (κ3) is 2.95. The largest absolute Gasteiger partial charge is 0.416 e. The van der Waals surface area contributed by atoms with E-state index in [1.54, 1.807) is 0 Å². The van der Waals surface area contributed by atoms with Gasteiger partial charge in [-0.05, 0) is 34.8 Å². The fourth-order valence-electron chi connectivity index (χ4n) is 1.98. The monoisotopic (exact) mass is 306 g/mol.